The molecule has 1 saturated carbocycles. The molecule has 9 heteroatoms. The van der Waals surface area contributed by atoms with E-state index in [0.717, 1.165) is 31.2 Å². The Morgan fingerprint density at radius 1 is 1.38 bits per heavy atom. The largest absolute Gasteiger partial charge is 0.573 e. The van der Waals surface area contributed by atoms with Crippen LogP contribution in [0.4, 0.5) is 13.2 Å². The standard InChI is InChI=1S/C20H27F3N2O4/c1-14(26)24-18-5-3-4-8-19(18)13-25(9-10-28-19)12-15-6-7-16(11-17(15)27-2)29-20(21,22)23/h6-7,11,18H,3-5,8-10,12-13H2,1-2H3,(H,24,26)/t18-,19+/m1/s1. The smallest absolute Gasteiger partial charge is 0.496 e. The summed E-state index contributed by atoms with van der Waals surface area (Å²) in [4.78, 5) is 13.8. The molecule has 1 aliphatic carbocycles. The second-order valence-electron chi connectivity index (χ2n) is 7.64. The molecule has 2 atom stereocenters. The van der Waals surface area contributed by atoms with E-state index >= 15 is 0 Å². The lowest BCUT2D eigenvalue weighted by molar-refractivity contribution is -0.274. The van der Waals surface area contributed by atoms with Gasteiger partial charge in [0.05, 0.1) is 19.8 Å². The van der Waals surface area contributed by atoms with Gasteiger partial charge in [0.2, 0.25) is 5.91 Å². The molecule has 1 N–H and O–H groups in total. The van der Waals surface area contributed by atoms with Crippen molar-refractivity contribution in [1.82, 2.24) is 10.2 Å². The van der Waals surface area contributed by atoms with Crippen LogP contribution in [0.3, 0.4) is 0 Å². The molecule has 1 amide bonds. The number of carbonyl (C=O) groups is 1. The summed E-state index contributed by atoms with van der Waals surface area (Å²) >= 11 is 0. The second-order valence-corrected chi connectivity index (χ2v) is 7.64. The van der Waals surface area contributed by atoms with Gasteiger partial charge in [-0.3, -0.25) is 9.69 Å². The fourth-order valence-corrected chi connectivity index (χ4v) is 4.33. The summed E-state index contributed by atoms with van der Waals surface area (Å²) in [7, 11) is 1.42. The number of rotatable bonds is 5. The zero-order chi connectivity index (χ0) is 21.1. The molecule has 1 aromatic carbocycles. The lowest BCUT2D eigenvalue weighted by atomic mass is 9.78. The van der Waals surface area contributed by atoms with Crippen LogP contribution in [0.1, 0.15) is 38.2 Å². The summed E-state index contributed by atoms with van der Waals surface area (Å²) < 4.78 is 52.8. The normalized spacial score (nSPS) is 25.6. The highest BCUT2D eigenvalue weighted by atomic mass is 19.4. The Morgan fingerprint density at radius 3 is 2.86 bits per heavy atom. The summed E-state index contributed by atoms with van der Waals surface area (Å²) in [6, 6.07) is 4.09. The minimum atomic E-state index is -4.75. The number of halogens is 3. The molecule has 162 valence electrons. The second kappa shape index (κ2) is 8.79. The molecule has 3 rings (SSSR count). The van der Waals surface area contributed by atoms with Gasteiger partial charge in [-0.05, 0) is 18.9 Å². The molecule has 1 aromatic rings. The van der Waals surface area contributed by atoms with E-state index in [1.165, 1.54) is 26.2 Å². The van der Waals surface area contributed by atoms with Gasteiger partial charge >= 0.3 is 6.36 Å². The Labute approximate surface area is 168 Å². The average Bonchev–Trinajstić information content (AvgIpc) is 2.64. The predicted octanol–water partition coefficient (Wildman–Crippen LogP) is 3.24. The van der Waals surface area contributed by atoms with Crippen LogP contribution >= 0.6 is 0 Å². The number of nitrogens with zero attached hydrogens (tertiary/aromatic N) is 1. The van der Waals surface area contributed by atoms with E-state index in [1.807, 2.05) is 0 Å². The number of hydrogen-bond acceptors (Lipinski definition) is 5. The quantitative estimate of drug-likeness (QED) is 0.799. The van der Waals surface area contributed by atoms with Crippen molar-refractivity contribution < 1.29 is 32.2 Å². The SMILES string of the molecule is COc1cc(OC(F)(F)F)ccc1CN1CCO[C@@]2(CCCC[C@H]2NC(C)=O)C1. The first kappa shape index (κ1) is 21.7. The van der Waals surface area contributed by atoms with E-state index in [2.05, 4.69) is 15.0 Å². The molecule has 2 fully saturated rings. The molecule has 1 heterocycles. The van der Waals surface area contributed by atoms with Gasteiger partial charge in [-0.1, -0.05) is 18.9 Å². The summed E-state index contributed by atoms with van der Waals surface area (Å²) in [5.74, 6) is -0.0391. The molecular formula is C20H27F3N2O4. The van der Waals surface area contributed by atoms with Crippen molar-refractivity contribution >= 4 is 5.91 Å². The fraction of sp³-hybridized carbons (Fsp3) is 0.650. The number of hydrogen-bond donors (Lipinski definition) is 1. The first-order valence-corrected chi connectivity index (χ1v) is 9.77. The van der Waals surface area contributed by atoms with Gasteiger partial charge in [0, 0.05) is 38.2 Å². The Bertz CT molecular complexity index is 724. The van der Waals surface area contributed by atoms with Crippen LogP contribution in [0.2, 0.25) is 0 Å². The number of morpholine rings is 1. The highest BCUT2D eigenvalue weighted by molar-refractivity contribution is 5.73. The molecule has 0 bridgehead atoms. The third-order valence-corrected chi connectivity index (χ3v) is 5.53. The van der Waals surface area contributed by atoms with Crippen LogP contribution in [0, 0.1) is 0 Å². The predicted molar refractivity (Wildman–Crippen MR) is 99.7 cm³/mol. The van der Waals surface area contributed by atoms with Crippen LogP contribution in [-0.2, 0) is 16.1 Å². The molecule has 29 heavy (non-hydrogen) atoms. The third kappa shape index (κ3) is 5.54. The van der Waals surface area contributed by atoms with Gasteiger partial charge < -0.3 is 19.5 Å². The molecule has 2 aliphatic rings. The van der Waals surface area contributed by atoms with E-state index in [-0.39, 0.29) is 17.7 Å². The zero-order valence-corrected chi connectivity index (χ0v) is 16.7. The number of nitrogens with one attached hydrogen (secondary N) is 1. The summed E-state index contributed by atoms with van der Waals surface area (Å²) in [5, 5.41) is 3.04. The van der Waals surface area contributed by atoms with Crippen molar-refractivity contribution in [3.63, 3.8) is 0 Å². The molecule has 6 nitrogen and oxygen atoms in total. The van der Waals surface area contributed by atoms with Gasteiger partial charge in [-0.15, -0.1) is 13.2 Å². The van der Waals surface area contributed by atoms with Gasteiger partial charge in [0.15, 0.2) is 0 Å². The van der Waals surface area contributed by atoms with Crippen LogP contribution in [0.25, 0.3) is 0 Å². The highest BCUT2D eigenvalue weighted by Crippen LogP contribution is 2.36. The van der Waals surface area contributed by atoms with Crippen molar-refractivity contribution in [1.29, 1.82) is 0 Å². The lowest BCUT2D eigenvalue weighted by Gasteiger charge is -2.49. The number of methoxy groups -OCH3 is 1. The molecule has 0 aromatic heterocycles. The van der Waals surface area contributed by atoms with Gasteiger partial charge in [-0.25, -0.2) is 0 Å². The van der Waals surface area contributed by atoms with E-state index in [1.54, 1.807) is 6.07 Å². The van der Waals surface area contributed by atoms with Crippen molar-refractivity contribution in [3.05, 3.63) is 23.8 Å². The molecular weight excluding hydrogens is 389 g/mol. The lowest BCUT2D eigenvalue weighted by Crippen LogP contribution is -2.63. The number of carbonyl (C=O) groups excluding carboxylic acids is 1. The summed E-state index contributed by atoms with van der Waals surface area (Å²) in [6.45, 7) is 3.89. The van der Waals surface area contributed by atoms with E-state index in [9.17, 15) is 18.0 Å². The third-order valence-electron chi connectivity index (χ3n) is 5.53. The fourth-order valence-electron chi connectivity index (χ4n) is 4.33. The van der Waals surface area contributed by atoms with Crippen molar-refractivity contribution in [2.24, 2.45) is 0 Å². The van der Waals surface area contributed by atoms with Crippen molar-refractivity contribution in [2.45, 2.75) is 57.2 Å². The summed E-state index contributed by atoms with van der Waals surface area (Å²) in [5.41, 5.74) is 0.334. The first-order valence-electron chi connectivity index (χ1n) is 9.77. The van der Waals surface area contributed by atoms with Crippen LogP contribution in [0.15, 0.2) is 18.2 Å². The Hall–Kier alpha value is -2.00. The molecule has 0 radical (unpaired) electrons. The molecule has 0 unspecified atom stereocenters. The number of benzene rings is 1. The molecule has 1 saturated heterocycles. The zero-order valence-electron chi connectivity index (χ0n) is 16.7. The maximum absolute atomic E-state index is 12.5. The Kier molecular flexibility index (Phi) is 6.58. The minimum absolute atomic E-state index is 0.0407. The van der Waals surface area contributed by atoms with Gasteiger partial charge in [0.25, 0.3) is 0 Å². The van der Waals surface area contributed by atoms with Crippen molar-refractivity contribution in [3.8, 4) is 11.5 Å². The molecule has 1 spiro atoms. The monoisotopic (exact) mass is 416 g/mol. The van der Waals surface area contributed by atoms with E-state index < -0.39 is 12.0 Å². The minimum Gasteiger partial charge on any atom is -0.496 e. The summed E-state index contributed by atoms with van der Waals surface area (Å²) in [6.07, 6.45) is -0.922. The first-order chi connectivity index (χ1) is 13.7. The average molecular weight is 416 g/mol. The molecule has 1 aliphatic heterocycles. The topological polar surface area (TPSA) is 60.0 Å². The van der Waals surface area contributed by atoms with Crippen LogP contribution in [0.5, 0.6) is 11.5 Å². The van der Waals surface area contributed by atoms with E-state index in [0.29, 0.717) is 32.0 Å². The number of amides is 1. The maximum Gasteiger partial charge on any atom is 0.573 e. The number of ether oxygens (including phenoxy) is 3. The Balaban J connectivity index is 1.73. The maximum atomic E-state index is 12.5. The van der Waals surface area contributed by atoms with Crippen LogP contribution < -0.4 is 14.8 Å². The highest BCUT2D eigenvalue weighted by Gasteiger charge is 2.45. The van der Waals surface area contributed by atoms with Crippen molar-refractivity contribution in [2.75, 3.05) is 26.8 Å². The van der Waals surface area contributed by atoms with Crippen LogP contribution in [-0.4, -0.2) is 55.6 Å². The van der Waals surface area contributed by atoms with Gasteiger partial charge in [-0.2, -0.15) is 0 Å². The number of alkyl halides is 3. The Morgan fingerprint density at radius 2 is 2.17 bits per heavy atom. The van der Waals surface area contributed by atoms with E-state index in [4.69, 9.17) is 9.47 Å². The van der Waals surface area contributed by atoms with Gasteiger partial charge in [0.1, 0.15) is 17.1 Å².